The highest BCUT2D eigenvalue weighted by Crippen LogP contribution is 2.35. The quantitative estimate of drug-likeness (QED) is 0.782. The number of aliphatic hydroxyl groups is 1. The molecule has 0 fully saturated rings. The van der Waals surface area contributed by atoms with Gasteiger partial charge >= 0.3 is 6.09 Å². The van der Waals surface area contributed by atoms with Crippen molar-refractivity contribution in [1.82, 2.24) is 5.32 Å². The van der Waals surface area contributed by atoms with E-state index >= 15 is 0 Å². The van der Waals surface area contributed by atoms with E-state index in [4.69, 9.17) is 9.84 Å². The van der Waals surface area contributed by atoms with Crippen LogP contribution < -0.4 is 5.32 Å². The van der Waals surface area contributed by atoms with Crippen molar-refractivity contribution in [2.75, 3.05) is 18.1 Å². The number of hydrogen-bond donors (Lipinski definition) is 2. The fraction of sp³-hybridized carbons (Fsp3) is 0.611. The fourth-order valence-corrected chi connectivity index (χ4v) is 4.04. The second-order valence-electron chi connectivity index (χ2n) is 6.91. The maximum atomic E-state index is 12.1. The van der Waals surface area contributed by atoms with Crippen LogP contribution in [-0.4, -0.2) is 41.0 Å². The van der Waals surface area contributed by atoms with E-state index in [-0.39, 0.29) is 18.7 Å². The minimum atomic E-state index is -0.485. The van der Waals surface area contributed by atoms with Crippen molar-refractivity contribution in [3.05, 3.63) is 35.4 Å². The first-order valence-corrected chi connectivity index (χ1v) is 9.32. The van der Waals surface area contributed by atoms with Gasteiger partial charge in [-0.2, -0.15) is 11.8 Å². The molecule has 0 bridgehead atoms. The smallest absolute Gasteiger partial charge is 0.407 e. The molecule has 1 aliphatic carbocycles. The Hall–Kier alpha value is -1.20. The summed E-state index contributed by atoms with van der Waals surface area (Å²) in [5, 5.41) is 12.0. The molecule has 1 amide bonds. The predicted molar refractivity (Wildman–Crippen MR) is 95.1 cm³/mol. The average Bonchev–Trinajstić information content (AvgIpc) is 2.79. The largest absolute Gasteiger partial charge is 0.444 e. The van der Waals surface area contributed by atoms with Crippen LogP contribution in [0.1, 0.15) is 44.2 Å². The van der Waals surface area contributed by atoms with Gasteiger partial charge in [-0.3, -0.25) is 0 Å². The Morgan fingerprint density at radius 2 is 2.13 bits per heavy atom. The number of benzene rings is 1. The van der Waals surface area contributed by atoms with E-state index < -0.39 is 5.60 Å². The summed E-state index contributed by atoms with van der Waals surface area (Å²) in [4.78, 5) is 12.1. The number of rotatable bonds is 6. The first-order chi connectivity index (χ1) is 10.9. The number of amides is 1. The third-order valence-corrected chi connectivity index (χ3v) is 5.00. The van der Waals surface area contributed by atoms with Crippen molar-refractivity contribution >= 4 is 17.9 Å². The van der Waals surface area contributed by atoms with Gasteiger partial charge in [-0.25, -0.2) is 4.79 Å². The van der Waals surface area contributed by atoms with Crippen molar-refractivity contribution in [2.24, 2.45) is 0 Å². The zero-order valence-electron chi connectivity index (χ0n) is 14.2. The molecule has 128 valence electrons. The molecule has 2 rings (SSSR count). The van der Waals surface area contributed by atoms with Crippen LogP contribution in [0.4, 0.5) is 4.79 Å². The predicted octanol–water partition coefficient (Wildman–Crippen LogP) is 3.34. The molecule has 4 nitrogen and oxygen atoms in total. The zero-order chi connectivity index (χ0) is 16.9. The average molecular weight is 337 g/mol. The molecule has 5 heteroatoms. The molecule has 0 heterocycles. The topological polar surface area (TPSA) is 58.6 Å². The van der Waals surface area contributed by atoms with Crippen LogP contribution in [0.15, 0.2) is 24.3 Å². The summed E-state index contributed by atoms with van der Waals surface area (Å²) < 4.78 is 5.40. The standard InChI is InChI=1S/C18H27NO3S/c1-18(2,3)22-17(21)19-16-11-13-7-4-5-8-14(13)15(16)12-23-10-6-9-20/h4-5,7-8,15-16,20H,6,9-12H2,1-3H3,(H,19,21)/t15-,16-/m1/s1. The Labute approximate surface area is 143 Å². The summed E-state index contributed by atoms with van der Waals surface area (Å²) >= 11 is 1.83. The van der Waals surface area contributed by atoms with E-state index in [1.807, 2.05) is 38.6 Å². The Morgan fingerprint density at radius 3 is 2.83 bits per heavy atom. The normalized spacial score (nSPS) is 20.2. The van der Waals surface area contributed by atoms with Crippen LogP contribution in [0.2, 0.25) is 0 Å². The number of fused-ring (bicyclic) bond motifs is 1. The Kier molecular flexibility index (Phi) is 6.36. The summed E-state index contributed by atoms with van der Waals surface area (Å²) in [6.07, 6.45) is 1.31. The summed E-state index contributed by atoms with van der Waals surface area (Å²) in [6.45, 7) is 5.85. The van der Waals surface area contributed by atoms with Gasteiger partial charge in [-0.15, -0.1) is 0 Å². The van der Waals surface area contributed by atoms with Crippen LogP contribution in [-0.2, 0) is 11.2 Å². The van der Waals surface area contributed by atoms with Gasteiger partial charge in [0, 0.05) is 24.3 Å². The number of carbonyl (C=O) groups excluding carboxylic acids is 1. The molecule has 2 atom stereocenters. The van der Waals surface area contributed by atoms with Crippen LogP contribution >= 0.6 is 11.8 Å². The molecular formula is C18H27NO3S. The third kappa shape index (κ3) is 5.43. The van der Waals surface area contributed by atoms with Crippen LogP contribution in [0.3, 0.4) is 0 Å². The zero-order valence-corrected chi connectivity index (χ0v) is 15.0. The second kappa shape index (κ2) is 8.06. The Morgan fingerprint density at radius 1 is 1.39 bits per heavy atom. The van der Waals surface area contributed by atoms with Crippen molar-refractivity contribution in [1.29, 1.82) is 0 Å². The Balaban J connectivity index is 2.01. The molecule has 23 heavy (non-hydrogen) atoms. The summed E-state index contributed by atoms with van der Waals surface area (Å²) in [7, 11) is 0. The van der Waals surface area contributed by atoms with Crippen LogP contribution in [0, 0.1) is 0 Å². The molecule has 1 aliphatic rings. The number of hydrogen-bond acceptors (Lipinski definition) is 4. The molecule has 0 spiro atoms. The van der Waals surface area contributed by atoms with E-state index in [0.29, 0.717) is 5.92 Å². The van der Waals surface area contributed by atoms with E-state index in [2.05, 4.69) is 23.5 Å². The van der Waals surface area contributed by atoms with Gasteiger partial charge in [0.15, 0.2) is 0 Å². The maximum absolute atomic E-state index is 12.1. The number of ether oxygens (including phenoxy) is 1. The third-order valence-electron chi connectivity index (χ3n) is 3.83. The summed E-state index contributed by atoms with van der Waals surface area (Å²) in [6, 6.07) is 8.47. The number of aliphatic hydroxyl groups excluding tert-OH is 1. The van der Waals surface area contributed by atoms with Gasteiger partial charge in [-0.1, -0.05) is 24.3 Å². The number of nitrogens with one attached hydrogen (secondary N) is 1. The SMILES string of the molecule is CC(C)(C)OC(=O)N[C@@H]1Cc2ccccc2[C@H]1CSCCCO. The fourth-order valence-electron chi connectivity index (χ4n) is 2.87. The summed E-state index contributed by atoms with van der Waals surface area (Å²) in [5.74, 6) is 2.17. The molecule has 1 aromatic rings. The first kappa shape index (κ1) is 18.1. The van der Waals surface area contributed by atoms with Gasteiger partial charge in [0.25, 0.3) is 0 Å². The van der Waals surface area contributed by atoms with Gasteiger partial charge in [0.2, 0.25) is 0 Å². The minimum absolute atomic E-state index is 0.0730. The highest BCUT2D eigenvalue weighted by molar-refractivity contribution is 7.99. The van der Waals surface area contributed by atoms with Gasteiger partial charge < -0.3 is 15.2 Å². The highest BCUT2D eigenvalue weighted by atomic mass is 32.2. The number of alkyl carbamates (subject to hydrolysis) is 1. The van der Waals surface area contributed by atoms with Crippen molar-refractivity contribution < 1.29 is 14.6 Å². The molecule has 0 aromatic heterocycles. The number of thioether (sulfide) groups is 1. The van der Waals surface area contributed by atoms with Gasteiger partial charge in [-0.05, 0) is 50.5 Å². The molecule has 2 N–H and O–H groups in total. The van der Waals surface area contributed by atoms with Crippen molar-refractivity contribution in [2.45, 2.75) is 51.2 Å². The van der Waals surface area contributed by atoms with Gasteiger partial charge in [0.05, 0.1) is 0 Å². The minimum Gasteiger partial charge on any atom is -0.444 e. The lowest BCUT2D eigenvalue weighted by atomic mass is 10.0. The highest BCUT2D eigenvalue weighted by Gasteiger charge is 2.34. The van der Waals surface area contributed by atoms with Crippen molar-refractivity contribution in [3.8, 4) is 0 Å². The number of carbonyl (C=O) groups is 1. The van der Waals surface area contributed by atoms with Gasteiger partial charge in [0.1, 0.15) is 5.60 Å². The molecule has 0 unspecified atom stereocenters. The van der Waals surface area contributed by atoms with E-state index in [1.54, 1.807) is 0 Å². The lowest BCUT2D eigenvalue weighted by molar-refractivity contribution is 0.0501. The molecular weight excluding hydrogens is 310 g/mol. The molecule has 0 saturated carbocycles. The molecule has 0 saturated heterocycles. The second-order valence-corrected chi connectivity index (χ2v) is 8.06. The van der Waals surface area contributed by atoms with Crippen LogP contribution in [0.25, 0.3) is 0 Å². The summed E-state index contributed by atoms with van der Waals surface area (Å²) in [5.41, 5.74) is 2.15. The van der Waals surface area contributed by atoms with E-state index in [9.17, 15) is 4.79 Å². The lowest BCUT2D eigenvalue weighted by Crippen LogP contribution is -2.41. The monoisotopic (exact) mass is 337 g/mol. The molecule has 0 aliphatic heterocycles. The van der Waals surface area contributed by atoms with E-state index in [0.717, 1.165) is 24.3 Å². The Bertz CT molecular complexity index is 527. The lowest BCUT2D eigenvalue weighted by Gasteiger charge is -2.25. The molecule has 1 aromatic carbocycles. The maximum Gasteiger partial charge on any atom is 0.407 e. The van der Waals surface area contributed by atoms with Crippen molar-refractivity contribution in [3.63, 3.8) is 0 Å². The van der Waals surface area contributed by atoms with Crippen LogP contribution in [0.5, 0.6) is 0 Å². The van der Waals surface area contributed by atoms with E-state index in [1.165, 1.54) is 11.1 Å². The molecule has 0 radical (unpaired) electrons. The first-order valence-electron chi connectivity index (χ1n) is 8.16.